The van der Waals surface area contributed by atoms with Crippen LogP contribution in [0.5, 0.6) is 0 Å². The fourth-order valence-electron chi connectivity index (χ4n) is 2.54. The second kappa shape index (κ2) is 5.51. The molecule has 1 rings (SSSR count). The van der Waals surface area contributed by atoms with Crippen molar-refractivity contribution in [3.05, 3.63) is 0 Å². The summed E-state index contributed by atoms with van der Waals surface area (Å²) in [5.74, 6) is -0.862. The Morgan fingerprint density at radius 1 is 1.38 bits per heavy atom. The van der Waals surface area contributed by atoms with Crippen LogP contribution in [0.3, 0.4) is 0 Å². The molecule has 16 heavy (non-hydrogen) atoms. The molecule has 0 amide bonds. The highest BCUT2D eigenvalue weighted by atomic mass is 16.5. The van der Waals surface area contributed by atoms with Gasteiger partial charge < -0.3 is 4.74 Å². The topological polar surface area (TPSA) is 73.9 Å². The van der Waals surface area contributed by atoms with Gasteiger partial charge in [0.05, 0.1) is 37.0 Å². The molecule has 1 fully saturated rings. The van der Waals surface area contributed by atoms with Crippen LogP contribution in [0.2, 0.25) is 0 Å². The zero-order chi connectivity index (χ0) is 12.0. The second-order valence-corrected chi connectivity index (χ2v) is 4.25. The van der Waals surface area contributed by atoms with E-state index in [0.717, 1.165) is 19.3 Å². The summed E-state index contributed by atoms with van der Waals surface area (Å²) >= 11 is 0. The molecule has 4 heteroatoms. The molecular formula is C12H16N2O2. The Balaban J connectivity index is 2.98. The highest BCUT2D eigenvalue weighted by Crippen LogP contribution is 2.44. The molecule has 0 radical (unpaired) electrons. The third kappa shape index (κ3) is 2.17. The molecule has 0 heterocycles. The molecule has 1 aliphatic carbocycles. The number of nitriles is 2. The van der Waals surface area contributed by atoms with Gasteiger partial charge in [0.15, 0.2) is 0 Å². The largest absolute Gasteiger partial charge is 0.469 e. The lowest BCUT2D eigenvalue weighted by atomic mass is 9.65. The van der Waals surface area contributed by atoms with Gasteiger partial charge in [-0.15, -0.1) is 0 Å². The van der Waals surface area contributed by atoms with Crippen molar-refractivity contribution < 1.29 is 9.53 Å². The summed E-state index contributed by atoms with van der Waals surface area (Å²) in [7, 11) is 1.35. The van der Waals surface area contributed by atoms with Crippen LogP contribution < -0.4 is 0 Å². The quantitative estimate of drug-likeness (QED) is 0.683. The molecule has 4 nitrogen and oxygen atoms in total. The molecule has 1 aliphatic rings. The van der Waals surface area contributed by atoms with Gasteiger partial charge >= 0.3 is 5.97 Å². The molecule has 1 atom stereocenters. The minimum absolute atomic E-state index is 0.103. The summed E-state index contributed by atoms with van der Waals surface area (Å²) in [4.78, 5) is 11.9. The van der Waals surface area contributed by atoms with E-state index in [1.165, 1.54) is 7.11 Å². The summed E-state index contributed by atoms with van der Waals surface area (Å²) in [6.07, 6.45) is 4.38. The lowest BCUT2D eigenvalue weighted by Gasteiger charge is -2.36. The normalized spacial score (nSPS) is 20.2. The number of carbonyl (C=O) groups excluding carboxylic acids is 1. The van der Waals surface area contributed by atoms with Crippen LogP contribution in [0.15, 0.2) is 0 Å². The molecular weight excluding hydrogens is 204 g/mol. The first-order valence-corrected chi connectivity index (χ1v) is 5.56. The molecule has 0 spiro atoms. The van der Waals surface area contributed by atoms with Crippen molar-refractivity contribution in [1.82, 2.24) is 0 Å². The Kier molecular flexibility index (Phi) is 4.31. The molecule has 0 aromatic rings. The van der Waals surface area contributed by atoms with Gasteiger partial charge in [-0.25, -0.2) is 0 Å². The van der Waals surface area contributed by atoms with Crippen LogP contribution in [0.1, 0.15) is 38.5 Å². The van der Waals surface area contributed by atoms with Gasteiger partial charge in [0, 0.05) is 0 Å². The number of hydrogen-bond donors (Lipinski definition) is 0. The standard InChI is InChI=1S/C12H16N2O2/c1-16-11(15)12(6-3-2-4-7-12)10(9-14)5-8-13/h10H,2-7H2,1H3. The second-order valence-electron chi connectivity index (χ2n) is 4.25. The summed E-state index contributed by atoms with van der Waals surface area (Å²) in [6, 6.07) is 4.09. The monoisotopic (exact) mass is 220 g/mol. The first-order valence-electron chi connectivity index (χ1n) is 5.56. The first kappa shape index (κ1) is 12.5. The summed E-state index contributed by atoms with van der Waals surface area (Å²) in [5, 5.41) is 17.8. The number of nitrogens with zero attached hydrogens (tertiary/aromatic N) is 2. The molecule has 1 unspecified atom stereocenters. The van der Waals surface area contributed by atoms with E-state index in [1.54, 1.807) is 0 Å². The van der Waals surface area contributed by atoms with Crippen molar-refractivity contribution >= 4 is 5.97 Å². The van der Waals surface area contributed by atoms with E-state index < -0.39 is 11.3 Å². The van der Waals surface area contributed by atoms with E-state index in [1.807, 2.05) is 6.07 Å². The number of hydrogen-bond acceptors (Lipinski definition) is 4. The van der Waals surface area contributed by atoms with Crippen molar-refractivity contribution in [1.29, 1.82) is 10.5 Å². The van der Waals surface area contributed by atoms with Gasteiger partial charge in [0.2, 0.25) is 0 Å². The molecule has 0 aromatic heterocycles. The Hall–Kier alpha value is -1.55. The van der Waals surface area contributed by atoms with Crippen molar-refractivity contribution in [2.45, 2.75) is 38.5 Å². The highest BCUT2D eigenvalue weighted by molar-refractivity contribution is 5.77. The molecule has 0 bridgehead atoms. The van der Waals surface area contributed by atoms with Crippen molar-refractivity contribution in [2.24, 2.45) is 11.3 Å². The van der Waals surface area contributed by atoms with Crippen LogP contribution in [-0.4, -0.2) is 13.1 Å². The lowest BCUT2D eigenvalue weighted by molar-refractivity contribution is -0.157. The van der Waals surface area contributed by atoms with E-state index in [4.69, 9.17) is 15.3 Å². The SMILES string of the molecule is COC(=O)C1(C(C#N)CC#N)CCCCC1. The van der Waals surface area contributed by atoms with Gasteiger partial charge in [-0.05, 0) is 12.8 Å². The van der Waals surface area contributed by atoms with Crippen LogP contribution in [0.25, 0.3) is 0 Å². The van der Waals surface area contributed by atoms with Crippen LogP contribution in [0.4, 0.5) is 0 Å². The van der Waals surface area contributed by atoms with Crippen LogP contribution in [-0.2, 0) is 9.53 Å². The Morgan fingerprint density at radius 2 is 2.00 bits per heavy atom. The van der Waals surface area contributed by atoms with Crippen LogP contribution in [0, 0.1) is 34.0 Å². The fourth-order valence-corrected chi connectivity index (χ4v) is 2.54. The molecule has 0 aromatic carbocycles. The average molecular weight is 220 g/mol. The molecule has 0 aliphatic heterocycles. The fraction of sp³-hybridized carbons (Fsp3) is 0.750. The highest BCUT2D eigenvalue weighted by Gasteiger charge is 2.47. The maximum Gasteiger partial charge on any atom is 0.313 e. The van der Waals surface area contributed by atoms with E-state index in [2.05, 4.69) is 6.07 Å². The van der Waals surface area contributed by atoms with Gasteiger partial charge in [0.1, 0.15) is 0 Å². The number of rotatable bonds is 3. The smallest absolute Gasteiger partial charge is 0.313 e. The van der Waals surface area contributed by atoms with Crippen molar-refractivity contribution in [2.75, 3.05) is 7.11 Å². The number of carbonyl (C=O) groups is 1. The summed E-state index contributed by atoms with van der Waals surface area (Å²) in [6.45, 7) is 0. The van der Waals surface area contributed by atoms with E-state index >= 15 is 0 Å². The zero-order valence-corrected chi connectivity index (χ0v) is 9.53. The molecule has 0 saturated heterocycles. The Labute approximate surface area is 95.8 Å². The minimum atomic E-state index is -0.739. The van der Waals surface area contributed by atoms with E-state index in [0.29, 0.717) is 12.8 Å². The third-order valence-corrected chi connectivity index (χ3v) is 3.46. The predicted octanol–water partition coefficient (Wildman–Crippen LogP) is 2.16. The van der Waals surface area contributed by atoms with E-state index in [9.17, 15) is 4.79 Å². The number of ether oxygens (including phenoxy) is 1. The maximum absolute atomic E-state index is 11.9. The lowest BCUT2D eigenvalue weighted by Crippen LogP contribution is -2.40. The van der Waals surface area contributed by atoms with E-state index in [-0.39, 0.29) is 12.4 Å². The summed E-state index contributed by atoms with van der Waals surface area (Å²) < 4.78 is 4.82. The zero-order valence-electron chi connectivity index (χ0n) is 9.53. The van der Waals surface area contributed by atoms with Gasteiger partial charge in [-0.2, -0.15) is 10.5 Å². The minimum Gasteiger partial charge on any atom is -0.469 e. The molecule has 0 N–H and O–H groups in total. The van der Waals surface area contributed by atoms with Crippen LogP contribution >= 0.6 is 0 Å². The molecule has 86 valence electrons. The maximum atomic E-state index is 11.9. The summed E-state index contributed by atoms with van der Waals surface area (Å²) in [5.41, 5.74) is -0.739. The molecule has 1 saturated carbocycles. The Bertz CT molecular complexity index is 332. The van der Waals surface area contributed by atoms with Gasteiger partial charge in [-0.3, -0.25) is 4.79 Å². The van der Waals surface area contributed by atoms with Crippen molar-refractivity contribution in [3.63, 3.8) is 0 Å². The van der Waals surface area contributed by atoms with Gasteiger partial charge in [0.25, 0.3) is 0 Å². The van der Waals surface area contributed by atoms with Crippen molar-refractivity contribution in [3.8, 4) is 12.1 Å². The third-order valence-electron chi connectivity index (χ3n) is 3.46. The number of methoxy groups -OCH3 is 1. The first-order chi connectivity index (χ1) is 7.71. The van der Waals surface area contributed by atoms with Gasteiger partial charge in [-0.1, -0.05) is 19.3 Å². The predicted molar refractivity (Wildman–Crippen MR) is 56.9 cm³/mol. The number of esters is 1. The average Bonchev–Trinajstić information content (AvgIpc) is 2.35. The Morgan fingerprint density at radius 3 is 2.44 bits per heavy atom.